The second-order valence-electron chi connectivity index (χ2n) is 3.88. The molecule has 1 aromatic carbocycles. The highest BCUT2D eigenvalue weighted by atomic mass is 32.2. The number of aromatic nitrogens is 2. The molecule has 0 aliphatic heterocycles. The number of carbonyl (C=O) groups excluding carboxylic acids is 1. The van der Waals surface area contributed by atoms with Crippen molar-refractivity contribution in [2.45, 2.75) is 0 Å². The summed E-state index contributed by atoms with van der Waals surface area (Å²) < 4.78 is 30.8. The highest BCUT2D eigenvalue weighted by Gasteiger charge is 2.14. The first-order valence-electron chi connectivity index (χ1n) is 5.51. The molecule has 2 heterocycles. The van der Waals surface area contributed by atoms with E-state index in [2.05, 4.69) is 9.35 Å². The van der Waals surface area contributed by atoms with Crippen molar-refractivity contribution in [3.05, 3.63) is 48.7 Å². The van der Waals surface area contributed by atoms with Gasteiger partial charge in [0.1, 0.15) is 5.58 Å². The van der Waals surface area contributed by atoms with E-state index >= 15 is 0 Å². The first-order chi connectivity index (χ1) is 9.65. The molecule has 100 valence electrons. The predicted molar refractivity (Wildman–Crippen MR) is 69.0 cm³/mol. The van der Waals surface area contributed by atoms with Gasteiger partial charge in [-0.3, -0.25) is 4.79 Å². The Morgan fingerprint density at radius 1 is 1.35 bits per heavy atom. The van der Waals surface area contributed by atoms with Crippen LogP contribution in [0.2, 0.25) is 0 Å². The number of carbonyl (C=O) groups is 1. The molecular weight excluding hydrogens is 282 g/mol. The van der Waals surface area contributed by atoms with Crippen LogP contribution in [0.3, 0.4) is 0 Å². The fourth-order valence-corrected chi connectivity index (χ4v) is 2.12. The van der Waals surface area contributed by atoms with Crippen molar-refractivity contribution in [3.63, 3.8) is 0 Å². The van der Waals surface area contributed by atoms with Gasteiger partial charge in [-0.25, -0.2) is 4.98 Å². The molecule has 1 amide bonds. The molecule has 7 nitrogen and oxygen atoms in total. The quantitative estimate of drug-likeness (QED) is 0.717. The molecule has 8 heteroatoms. The van der Waals surface area contributed by atoms with E-state index in [1.54, 1.807) is 35.4 Å². The van der Waals surface area contributed by atoms with Gasteiger partial charge in [0.2, 0.25) is 0 Å². The minimum absolute atomic E-state index is 0.128. The summed E-state index contributed by atoms with van der Waals surface area (Å²) in [5, 5.41) is 0.667. The van der Waals surface area contributed by atoms with E-state index in [1.807, 2.05) is 6.07 Å². The lowest BCUT2D eigenvalue weighted by Crippen LogP contribution is -1.91. The summed E-state index contributed by atoms with van der Waals surface area (Å²) >= 11 is 0. The van der Waals surface area contributed by atoms with Gasteiger partial charge in [-0.2, -0.15) is 8.42 Å². The smallest absolute Gasteiger partial charge is 0.327 e. The van der Waals surface area contributed by atoms with Gasteiger partial charge < -0.3 is 8.98 Å². The van der Waals surface area contributed by atoms with Crippen molar-refractivity contribution in [2.24, 2.45) is 4.36 Å². The van der Waals surface area contributed by atoms with Gasteiger partial charge in [-0.05, 0) is 18.2 Å². The highest BCUT2D eigenvalue weighted by Crippen LogP contribution is 2.26. The maximum absolute atomic E-state index is 11.5. The van der Waals surface area contributed by atoms with Gasteiger partial charge >= 0.3 is 16.4 Å². The fourth-order valence-electron chi connectivity index (χ4n) is 1.89. The molecule has 0 spiro atoms. The van der Waals surface area contributed by atoms with Gasteiger partial charge in [0.05, 0.1) is 12.0 Å². The SMILES string of the molecule is O=C(N=S(=O)=O)c1cc2c(-n3ccnc3)cccc2o1. The molecule has 0 aliphatic carbocycles. The average molecular weight is 289 g/mol. The van der Waals surface area contributed by atoms with E-state index in [0.717, 1.165) is 5.69 Å². The maximum Gasteiger partial charge on any atom is 0.327 e. The van der Waals surface area contributed by atoms with Crippen molar-refractivity contribution in [3.8, 4) is 5.69 Å². The van der Waals surface area contributed by atoms with Crippen LogP contribution < -0.4 is 0 Å². The second kappa shape index (κ2) is 4.74. The van der Waals surface area contributed by atoms with Crippen LogP contribution in [-0.4, -0.2) is 23.9 Å². The number of hydrogen-bond acceptors (Lipinski definition) is 5. The third-order valence-electron chi connectivity index (χ3n) is 2.69. The fraction of sp³-hybridized carbons (Fsp3) is 0. The molecule has 3 rings (SSSR count). The monoisotopic (exact) mass is 289 g/mol. The molecule has 2 aromatic heterocycles. The van der Waals surface area contributed by atoms with Crippen LogP contribution in [0.1, 0.15) is 10.6 Å². The molecule has 0 N–H and O–H groups in total. The van der Waals surface area contributed by atoms with Crippen LogP contribution in [0.5, 0.6) is 0 Å². The molecule has 0 aliphatic rings. The van der Waals surface area contributed by atoms with Crippen molar-refractivity contribution in [2.75, 3.05) is 0 Å². The first kappa shape index (κ1) is 12.3. The predicted octanol–water partition coefficient (Wildman–Crippen LogP) is 1.82. The third kappa shape index (κ3) is 2.12. The second-order valence-corrected chi connectivity index (χ2v) is 4.50. The van der Waals surface area contributed by atoms with Crippen LogP contribution in [0.4, 0.5) is 0 Å². The van der Waals surface area contributed by atoms with E-state index in [4.69, 9.17) is 4.42 Å². The number of imidazole rings is 1. The molecule has 0 bridgehead atoms. The van der Waals surface area contributed by atoms with Crippen LogP contribution in [0.15, 0.2) is 51.8 Å². The molecule has 20 heavy (non-hydrogen) atoms. The van der Waals surface area contributed by atoms with Gasteiger partial charge in [-0.15, -0.1) is 0 Å². The lowest BCUT2D eigenvalue weighted by Gasteiger charge is -2.01. The van der Waals surface area contributed by atoms with Crippen molar-refractivity contribution >= 4 is 27.4 Å². The summed E-state index contributed by atoms with van der Waals surface area (Å²) in [6.07, 6.45) is 4.99. The number of hydrogen-bond donors (Lipinski definition) is 0. The number of fused-ring (bicyclic) bond motifs is 1. The molecule has 0 unspecified atom stereocenters. The first-order valence-corrected chi connectivity index (χ1v) is 6.54. The molecule has 0 atom stereocenters. The molecule has 0 saturated heterocycles. The Labute approximate surface area is 114 Å². The Kier molecular flexibility index (Phi) is 2.92. The van der Waals surface area contributed by atoms with E-state index in [1.165, 1.54) is 6.07 Å². The zero-order valence-electron chi connectivity index (χ0n) is 9.92. The standard InChI is InChI=1S/C12H7N3O4S/c16-12(14-20(17)18)11-6-8-9(15-5-4-13-7-15)2-1-3-10(8)19-11/h1-7H. The van der Waals surface area contributed by atoms with Gasteiger partial charge in [0, 0.05) is 17.8 Å². The van der Waals surface area contributed by atoms with E-state index in [0.29, 0.717) is 11.0 Å². The summed E-state index contributed by atoms with van der Waals surface area (Å²) in [4.78, 5) is 15.5. The Morgan fingerprint density at radius 3 is 2.90 bits per heavy atom. The van der Waals surface area contributed by atoms with E-state index in [-0.39, 0.29) is 5.76 Å². The number of rotatable bonds is 2. The zero-order valence-corrected chi connectivity index (χ0v) is 10.7. The van der Waals surface area contributed by atoms with Crippen LogP contribution in [-0.2, 0) is 10.5 Å². The van der Waals surface area contributed by atoms with E-state index in [9.17, 15) is 13.2 Å². The zero-order chi connectivity index (χ0) is 14.1. The number of nitrogens with zero attached hydrogens (tertiary/aromatic N) is 3. The van der Waals surface area contributed by atoms with Crippen molar-refractivity contribution in [1.29, 1.82) is 0 Å². The maximum atomic E-state index is 11.5. The number of furan rings is 1. The number of benzene rings is 1. The summed E-state index contributed by atoms with van der Waals surface area (Å²) in [5.74, 6) is -1.07. The summed E-state index contributed by atoms with van der Waals surface area (Å²) in [5.41, 5.74) is 1.23. The molecule has 3 aromatic rings. The van der Waals surface area contributed by atoms with E-state index < -0.39 is 16.4 Å². The van der Waals surface area contributed by atoms with Crippen molar-refractivity contribution < 1.29 is 17.6 Å². The molecular formula is C12H7N3O4S. The average Bonchev–Trinajstić information content (AvgIpc) is 3.06. The van der Waals surface area contributed by atoms with Crippen LogP contribution >= 0.6 is 0 Å². The van der Waals surface area contributed by atoms with Gasteiger partial charge in [-0.1, -0.05) is 10.4 Å². The summed E-state index contributed by atoms with van der Waals surface area (Å²) in [6, 6.07) is 6.74. The third-order valence-corrected chi connectivity index (χ3v) is 3.00. The minimum Gasteiger partial charge on any atom is -0.451 e. The Morgan fingerprint density at radius 2 is 2.20 bits per heavy atom. The Balaban J connectivity index is 2.19. The lowest BCUT2D eigenvalue weighted by atomic mass is 10.2. The Hall–Kier alpha value is -2.74. The normalized spacial score (nSPS) is 10.6. The van der Waals surface area contributed by atoms with Crippen LogP contribution in [0.25, 0.3) is 16.7 Å². The Bertz CT molecular complexity index is 915. The topological polar surface area (TPSA) is 94.5 Å². The molecule has 0 fully saturated rings. The highest BCUT2D eigenvalue weighted by molar-refractivity contribution is 7.62. The van der Waals surface area contributed by atoms with Gasteiger partial charge in [0.25, 0.3) is 0 Å². The molecule has 0 saturated carbocycles. The summed E-state index contributed by atoms with van der Waals surface area (Å²) in [7, 11) is -2.80. The van der Waals surface area contributed by atoms with Gasteiger partial charge in [0.15, 0.2) is 5.76 Å². The summed E-state index contributed by atoms with van der Waals surface area (Å²) in [6.45, 7) is 0. The number of amides is 1. The minimum atomic E-state index is -2.80. The van der Waals surface area contributed by atoms with Crippen molar-refractivity contribution in [1.82, 2.24) is 9.55 Å². The largest absolute Gasteiger partial charge is 0.451 e. The molecule has 0 radical (unpaired) electrons. The lowest BCUT2D eigenvalue weighted by molar-refractivity contribution is 0.0981. The van der Waals surface area contributed by atoms with Crippen LogP contribution in [0, 0.1) is 0 Å².